The van der Waals surface area contributed by atoms with Crippen molar-refractivity contribution in [3.63, 3.8) is 0 Å². The van der Waals surface area contributed by atoms with Crippen LogP contribution in [0.15, 0.2) is 24.3 Å². The van der Waals surface area contributed by atoms with Crippen LogP contribution in [0.5, 0.6) is 0 Å². The molecule has 0 saturated carbocycles. The SMILES string of the molecule is CC(C)CN1C(=O)COCC1c1ccc(Cl)cc1. The van der Waals surface area contributed by atoms with Crippen molar-refractivity contribution in [1.82, 2.24) is 4.90 Å². The predicted molar refractivity (Wildman–Crippen MR) is 71.6 cm³/mol. The van der Waals surface area contributed by atoms with Crippen LogP contribution in [0.3, 0.4) is 0 Å². The van der Waals surface area contributed by atoms with E-state index in [4.69, 9.17) is 16.3 Å². The fourth-order valence-electron chi connectivity index (χ4n) is 2.19. The van der Waals surface area contributed by atoms with Crippen LogP contribution in [-0.2, 0) is 9.53 Å². The van der Waals surface area contributed by atoms with Gasteiger partial charge in [-0.3, -0.25) is 4.79 Å². The first-order valence-electron chi connectivity index (χ1n) is 6.20. The zero-order valence-electron chi connectivity index (χ0n) is 10.7. The average molecular weight is 268 g/mol. The number of nitrogens with zero attached hydrogens (tertiary/aromatic N) is 1. The molecule has 4 heteroatoms. The lowest BCUT2D eigenvalue weighted by Gasteiger charge is -2.36. The van der Waals surface area contributed by atoms with Gasteiger partial charge < -0.3 is 9.64 Å². The normalized spacial score (nSPS) is 20.6. The monoisotopic (exact) mass is 267 g/mol. The first-order chi connectivity index (χ1) is 8.58. The average Bonchev–Trinajstić information content (AvgIpc) is 2.32. The molecule has 0 radical (unpaired) electrons. The maximum Gasteiger partial charge on any atom is 0.249 e. The first kappa shape index (κ1) is 13.4. The Balaban J connectivity index is 2.22. The molecular formula is C14H18ClNO2. The molecule has 2 rings (SSSR count). The van der Waals surface area contributed by atoms with Crippen molar-refractivity contribution in [1.29, 1.82) is 0 Å². The van der Waals surface area contributed by atoms with Crippen LogP contribution < -0.4 is 0 Å². The summed E-state index contributed by atoms with van der Waals surface area (Å²) in [6, 6.07) is 7.63. The van der Waals surface area contributed by atoms with E-state index in [0.29, 0.717) is 17.5 Å². The molecule has 1 aliphatic heterocycles. The van der Waals surface area contributed by atoms with E-state index in [0.717, 1.165) is 12.1 Å². The summed E-state index contributed by atoms with van der Waals surface area (Å²) in [5.74, 6) is 0.511. The Labute approximate surface area is 113 Å². The number of benzene rings is 1. The van der Waals surface area contributed by atoms with Crippen LogP contribution in [0.4, 0.5) is 0 Å². The highest BCUT2D eigenvalue weighted by Crippen LogP contribution is 2.26. The summed E-state index contributed by atoms with van der Waals surface area (Å²) in [5, 5.41) is 0.706. The van der Waals surface area contributed by atoms with Gasteiger partial charge in [-0.2, -0.15) is 0 Å². The maximum absolute atomic E-state index is 12.0. The van der Waals surface area contributed by atoms with Gasteiger partial charge in [0.15, 0.2) is 0 Å². The van der Waals surface area contributed by atoms with Crippen molar-refractivity contribution in [2.45, 2.75) is 19.9 Å². The Hall–Kier alpha value is -1.06. The predicted octanol–water partition coefficient (Wildman–Crippen LogP) is 2.90. The summed E-state index contributed by atoms with van der Waals surface area (Å²) in [4.78, 5) is 13.9. The van der Waals surface area contributed by atoms with Crippen molar-refractivity contribution in [2.75, 3.05) is 19.8 Å². The van der Waals surface area contributed by atoms with Gasteiger partial charge in [0, 0.05) is 11.6 Å². The molecule has 1 aliphatic rings. The molecule has 1 amide bonds. The number of rotatable bonds is 3. The van der Waals surface area contributed by atoms with Crippen molar-refractivity contribution in [3.05, 3.63) is 34.9 Å². The second-order valence-corrected chi connectivity index (χ2v) is 5.46. The van der Waals surface area contributed by atoms with Crippen LogP contribution >= 0.6 is 11.6 Å². The topological polar surface area (TPSA) is 29.5 Å². The van der Waals surface area contributed by atoms with Gasteiger partial charge in [-0.05, 0) is 23.6 Å². The second-order valence-electron chi connectivity index (χ2n) is 5.02. The van der Waals surface area contributed by atoms with Crippen molar-refractivity contribution < 1.29 is 9.53 Å². The van der Waals surface area contributed by atoms with Crippen LogP contribution in [0.25, 0.3) is 0 Å². The largest absolute Gasteiger partial charge is 0.369 e. The van der Waals surface area contributed by atoms with E-state index in [-0.39, 0.29) is 18.6 Å². The van der Waals surface area contributed by atoms with Crippen LogP contribution in [0.2, 0.25) is 5.02 Å². The van der Waals surface area contributed by atoms with Crippen LogP contribution in [-0.4, -0.2) is 30.6 Å². The van der Waals surface area contributed by atoms with Gasteiger partial charge in [0.1, 0.15) is 6.61 Å². The minimum atomic E-state index is 0.00548. The standard InChI is InChI=1S/C14H18ClNO2/c1-10(2)7-16-13(8-18-9-14(16)17)11-3-5-12(15)6-4-11/h3-6,10,13H,7-9H2,1-2H3. The number of halogens is 1. The highest BCUT2D eigenvalue weighted by atomic mass is 35.5. The Kier molecular flexibility index (Phi) is 4.25. The summed E-state index contributed by atoms with van der Waals surface area (Å²) in [7, 11) is 0. The van der Waals surface area contributed by atoms with E-state index in [9.17, 15) is 4.79 Å². The smallest absolute Gasteiger partial charge is 0.249 e. The molecule has 1 aromatic carbocycles. The van der Waals surface area contributed by atoms with Gasteiger partial charge in [-0.1, -0.05) is 37.6 Å². The zero-order valence-corrected chi connectivity index (χ0v) is 11.5. The van der Waals surface area contributed by atoms with E-state index >= 15 is 0 Å². The summed E-state index contributed by atoms with van der Waals surface area (Å²) in [6.45, 7) is 5.73. The van der Waals surface area contributed by atoms with Gasteiger partial charge in [0.25, 0.3) is 0 Å². The van der Waals surface area contributed by atoms with Gasteiger partial charge in [-0.15, -0.1) is 0 Å². The summed E-state index contributed by atoms with van der Waals surface area (Å²) >= 11 is 5.89. The van der Waals surface area contributed by atoms with Gasteiger partial charge in [-0.25, -0.2) is 0 Å². The van der Waals surface area contributed by atoms with Crippen molar-refractivity contribution in [2.24, 2.45) is 5.92 Å². The van der Waals surface area contributed by atoms with Crippen molar-refractivity contribution >= 4 is 17.5 Å². The quantitative estimate of drug-likeness (QED) is 0.843. The third-order valence-electron chi connectivity index (χ3n) is 3.01. The number of ether oxygens (including phenoxy) is 1. The number of hydrogen-bond acceptors (Lipinski definition) is 2. The van der Waals surface area contributed by atoms with Gasteiger partial charge >= 0.3 is 0 Å². The van der Waals surface area contributed by atoms with E-state index in [1.807, 2.05) is 29.2 Å². The van der Waals surface area contributed by atoms with Crippen LogP contribution in [0.1, 0.15) is 25.5 Å². The molecular weight excluding hydrogens is 250 g/mol. The molecule has 1 aromatic rings. The highest BCUT2D eigenvalue weighted by molar-refractivity contribution is 6.30. The van der Waals surface area contributed by atoms with Gasteiger partial charge in [0.05, 0.1) is 12.6 Å². The number of hydrogen-bond donors (Lipinski definition) is 0. The number of carbonyl (C=O) groups excluding carboxylic acids is 1. The van der Waals surface area contributed by atoms with E-state index in [1.54, 1.807) is 0 Å². The molecule has 0 aromatic heterocycles. The Morgan fingerprint density at radius 1 is 1.39 bits per heavy atom. The highest BCUT2D eigenvalue weighted by Gasteiger charge is 2.30. The summed E-state index contributed by atoms with van der Waals surface area (Å²) < 4.78 is 5.37. The molecule has 0 N–H and O–H groups in total. The van der Waals surface area contributed by atoms with Gasteiger partial charge in [0.2, 0.25) is 5.91 Å². The first-order valence-corrected chi connectivity index (χ1v) is 6.58. The summed E-state index contributed by atoms with van der Waals surface area (Å²) in [5.41, 5.74) is 1.08. The third kappa shape index (κ3) is 3.03. The summed E-state index contributed by atoms with van der Waals surface area (Å²) in [6.07, 6.45) is 0. The molecule has 18 heavy (non-hydrogen) atoms. The Morgan fingerprint density at radius 3 is 2.67 bits per heavy atom. The molecule has 1 saturated heterocycles. The molecule has 1 unspecified atom stereocenters. The molecule has 1 heterocycles. The minimum absolute atomic E-state index is 0.00548. The van der Waals surface area contributed by atoms with Crippen LogP contribution in [0, 0.1) is 5.92 Å². The number of carbonyl (C=O) groups is 1. The molecule has 1 atom stereocenters. The van der Waals surface area contributed by atoms with E-state index in [1.165, 1.54) is 0 Å². The minimum Gasteiger partial charge on any atom is -0.369 e. The molecule has 98 valence electrons. The molecule has 0 bridgehead atoms. The third-order valence-corrected chi connectivity index (χ3v) is 3.27. The fourth-order valence-corrected chi connectivity index (χ4v) is 2.31. The lowest BCUT2D eigenvalue weighted by Crippen LogP contribution is -2.45. The Bertz CT molecular complexity index is 416. The Morgan fingerprint density at radius 2 is 2.06 bits per heavy atom. The molecule has 3 nitrogen and oxygen atoms in total. The lowest BCUT2D eigenvalue weighted by atomic mass is 10.0. The second kappa shape index (κ2) is 5.72. The number of morpholine rings is 1. The maximum atomic E-state index is 12.0. The molecule has 0 spiro atoms. The van der Waals surface area contributed by atoms with E-state index in [2.05, 4.69) is 13.8 Å². The molecule has 0 aliphatic carbocycles. The lowest BCUT2D eigenvalue weighted by molar-refractivity contribution is -0.149. The van der Waals surface area contributed by atoms with Crippen molar-refractivity contribution in [3.8, 4) is 0 Å². The number of amides is 1. The zero-order chi connectivity index (χ0) is 13.1. The molecule has 1 fully saturated rings. The van der Waals surface area contributed by atoms with E-state index < -0.39 is 0 Å². The fraction of sp³-hybridized carbons (Fsp3) is 0.500.